The van der Waals surface area contributed by atoms with Gasteiger partial charge >= 0.3 is 0 Å². The number of halogens is 1. The molecule has 0 radical (unpaired) electrons. The first kappa shape index (κ1) is 13.0. The van der Waals surface area contributed by atoms with E-state index in [0.717, 1.165) is 17.2 Å². The summed E-state index contributed by atoms with van der Waals surface area (Å²) >= 11 is 7.83. The third-order valence-corrected chi connectivity index (χ3v) is 4.72. The van der Waals surface area contributed by atoms with E-state index in [-0.39, 0.29) is 0 Å². The van der Waals surface area contributed by atoms with Crippen molar-refractivity contribution < 1.29 is 0 Å². The summed E-state index contributed by atoms with van der Waals surface area (Å²) in [7, 11) is 0. The Morgan fingerprint density at radius 3 is 3.24 bits per heavy atom. The lowest BCUT2D eigenvalue weighted by Crippen LogP contribution is -2.33. The van der Waals surface area contributed by atoms with Crippen LogP contribution in [0, 0.1) is 12.3 Å². The Balaban J connectivity index is 2.10. The zero-order valence-electron chi connectivity index (χ0n) is 10.1. The maximum Gasteiger partial charge on any atom is 0.0934 e. The zero-order valence-corrected chi connectivity index (χ0v) is 11.7. The summed E-state index contributed by atoms with van der Waals surface area (Å²) in [5.41, 5.74) is 1.40. The van der Waals surface area contributed by atoms with Crippen LogP contribution in [0.3, 0.4) is 0 Å². The van der Waals surface area contributed by atoms with E-state index in [4.69, 9.17) is 18.0 Å². The van der Waals surface area contributed by atoms with Crippen LogP contribution >= 0.6 is 22.9 Å². The summed E-state index contributed by atoms with van der Waals surface area (Å²) in [6.45, 7) is 2.18. The molecule has 1 aliphatic rings. The first-order chi connectivity index (χ1) is 8.24. The fourth-order valence-electron chi connectivity index (χ4n) is 2.44. The standard InChI is InChI=1S/C14H18ClNS/c1-3-6-10(4-2)16-12-7-5-8-13-11(12)9-14(15)17-13/h1,9-10,12,16H,4-8H2,2H3. The second-order valence-electron chi connectivity index (χ2n) is 4.55. The van der Waals surface area contributed by atoms with Crippen LogP contribution in [0.4, 0.5) is 0 Å². The smallest absolute Gasteiger partial charge is 0.0934 e. The molecule has 0 spiro atoms. The summed E-state index contributed by atoms with van der Waals surface area (Å²) in [6.07, 6.45) is 10.9. The third-order valence-electron chi connectivity index (χ3n) is 3.38. The van der Waals surface area contributed by atoms with E-state index in [1.165, 1.54) is 29.7 Å². The first-order valence-corrected chi connectivity index (χ1v) is 7.41. The van der Waals surface area contributed by atoms with Gasteiger partial charge in [-0.3, -0.25) is 0 Å². The molecule has 2 atom stereocenters. The number of hydrogen-bond acceptors (Lipinski definition) is 2. The van der Waals surface area contributed by atoms with Gasteiger partial charge in [0.2, 0.25) is 0 Å². The maximum atomic E-state index is 6.11. The van der Waals surface area contributed by atoms with Crippen molar-refractivity contribution in [3.8, 4) is 12.3 Å². The van der Waals surface area contributed by atoms with Crippen LogP contribution in [0.15, 0.2) is 6.07 Å². The molecule has 17 heavy (non-hydrogen) atoms. The molecule has 2 unspecified atom stereocenters. The minimum Gasteiger partial charge on any atom is -0.306 e. The second kappa shape index (κ2) is 5.91. The van der Waals surface area contributed by atoms with Crippen LogP contribution in [0.2, 0.25) is 4.34 Å². The third kappa shape index (κ3) is 3.04. The minimum atomic E-state index is 0.426. The van der Waals surface area contributed by atoms with Crippen LogP contribution < -0.4 is 5.32 Å². The van der Waals surface area contributed by atoms with E-state index < -0.39 is 0 Å². The Bertz CT molecular complexity index is 418. The highest BCUT2D eigenvalue weighted by molar-refractivity contribution is 7.16. The molecule has 0 bridgehead atoms. The lowest BCUT2D eigenvalue weighted by molar-refractivity contribution is 0.392. The highest BCUT2D eigenvalue weighted by atomic mass is 35.5. The number of hydrogen-bond donors (Lipinski definition) is 1. The highest BCUT2D eigenvalue weighted by Crippen LogP contribution is 2.38. The lowest BCUT2D eigenvalue weighted by Gasteiger charge is -2.27. The first-order valence-electron chi connectivity index (χ1n) is 6.22. The van der Waals surface area contributed by atoms with Gasteiger partial charge in [-0.1, -0.05) is 18.5 Å². The average Bonchev–Trinajstić information content (AvgIpc) is 2.70. The molecule has 0 aliphatic heterocycles. The van der Waals surface area contributed by atoms with Crippen LogP contribution in [0.25, 0.3) is 0 Å². The van der Waals surface area contributed by atoms with Crippen molar-refractivity contribution in [2.24, 2.45) is 0 Å². The maximum absolute atomic E-state index is 6.11. The van der Waals surface area contributed by atoms with Crippen LogP contribution in [0.5, 0.6) is 0 Å². The number of nitrogens with one attached hydrogen (secondary N) is 1. The molecule has 0 aromatic carbocycles. The SMILES string of the molecule is C#CCC(CC)NC1CCCc2sc(Cl)cc21. The van der Waals surface area contributed by atoms with Gasteiger partial charge in [0, 0.05) is 23.4 Å². The molecular formula is C14H18ClNS. The van der Waals surface area contributed by atoms with Crippen molar-refractivity contribution >= 4 is 22.9 Å². The molecule has 1 aliphatic carbocycles. The molecule has 1 aromatic heterocycles. The Labute approximate surface area is 113 Å². The number of rotatable bonds is 4. The molecule has 3 heteroatoms. The molecule has 0 amide bonds. The van der Waals surface area contributed by atoms with E-state index in [9.17, 15) is 0 Å². The number of thiophene rings is 1. The highest BCUT2D eigenvalue weighted by Gasteiger charge is 2.24. The largest absolute Gasteiger partial charge is 0.306 e. The van der Waals surface area contributed by atoms with E-state index in [1.807, 2.05) is 0 Å². The van der Waals surface area contributed by atoms with E-state index >= 15 is 0 Å². The van der Waals surface area contributed by atoms with Crippen LogP contribution in [-0.4, -0.2) is 6.04 Å². The topological polar surface area (TPSA) is 12.0 Å². The summed E-state index contributed by atoms with van der Waals surface area (Å²) in [6, 6.07) is 3.00. The van der Waals surface area contributed by atoms with Gasteiger partial charge < -0.3 is 5.32 Å². The Morgan fingerprint density at radius 2 is 2.53 bits per heavy atom. The fraction of sp³-hybridized carbons (Fsp3) is 0.571. The van der Waals surface area contributed by atoms with Gasteiger partial charge in [0.1, 0.15) is 0 Å². The van der Waals surface area contributed by atoms with Gasteiger partial charge in [-0.05, 0) is 37.3 Å². The van der Waals surface area contributed by atoms with Gasteiger partial charge in [0.15, 0.2) is 0 Å². The number of terminal acetylenes is 1. The van der Waals surface area contributed by atoms with E-state index in [2.05, 4.69) is 24.2 Å². The van der Waals surface area contributed by atoms with Crippen molar-refractivity contribution in [1.82, 2.24) is 5.32 Å². The fourth-order valence-corrected chi connectivity index (χ4v) is 3.83. The van der Waals surface area contributed by atoms with Crippen LogP contribution in [-0.2, 0) is 6.42 Å². The number of fused-ring (bicyclic) bond motifs is 1. The van der Waals surface area contributed by atoms with Gasteiger partial charge in [0.05, 0.1) is 4.34 Å². The van der Waals surface area contributed by atoms with Crippen molar-refractivity contribution in [1.29, 1.82) is 0 Å². The Morgan fingerprint density at radius 1 is 1.71 bits per heavy atom. The van der Waals surface area contributed by atoms with Crippen molar-refractivity contribution in [2.75, 3.05) is 0 Å². The molecule has 0 fully saturated rings. The van der Waals surface area contributed by atoms with Crippen molar-refractivity contribution in [2.45, 2.75) is 51.1 Å². The van der Waals surface area contributed by atoms with Gasteiger partial charge in [-0.15, -0.1) is 23.7 Å². The van der Waals surface area contributed by atoms with E-state index in [0.29, 0.717) is 12.1 Å². The zero-order chi connectivity index (χ0) is 12.3. The predicted molar refractivity (Wildman–Crippen MR) is 75.7 cm³/mol. The average molecular weight is 268 g/mol. The molecular weight excluding hydrogens is 250 g/mol. The van der Waals surface area contributed by atoms with Gasteiger partial charge in [-0.25, -0.2) is 0 Å². The van der Waals surface area contributed by atoms with Crippen LogP contribution in [0.1, 0.15) is 49.1 Å². The van der Waals surface area contributed by atoms with Gasteiger partial charge in [-0.2, -0.15) is 0 Å². The molecule has 1 aromatic rings. The van der Waals surface area contributed by atoms with Crippen molar-refractivity contribution in [3.05, 3.63) is 20.8 Å². The molecule has 1 nitrogen and oxygen atoms in total. The summed E-state index contributed by atoms with van der Waals surface area (Å²) < 4.78 is 0.911. The van der Waals surface area contributed by atoms with E-state index in [1.54, 1.807) is 11.3 Å². The predicted octanol–water partition coefficient (Wildman–Crippen LogP) is 4.17. The monoisotopic (exact) mass is 267 g/mol. The van der Waals surface area contributed by atoms with Crippen molar-refractivity contribution in [3.63, 3.8) is 0 Å². The molecule has 92 valence electrons. The molecule has 0 saturated carbocycles. The molecule has 2 rings (SSSR count). The summed E-state index contributed by atoms with van der Waals surface area (Å²) in [5, 5.41) is 3.68. The summed E-state index contributed by atoms with van der Waals surface area (Å²) in [4.78, 5) is 1.45. The Hall–Kier alpha value is -0.490. The normalized spacial score (nSPS) is 20.6. The molecule has 1 heterocycles. The quantitative estimate of drug-likeness (QED) is 0.808. The molecule has 1 N–H and O–H groups in total. The minimum absolute atomic E-state index is 0.426. The second-order valence-corrected chi connectivity index (χ2v) is 6.32. The Kier molecular flexibility index (Phi) is 4.50. The lowest BCUT2D eigenvalue weighted by atomic mass is 9.93. The van der Waals surface area contributed by atoms with Gasteiger partial charge in [0.25, 0.3) is 0 Å². The number of aryl methyl sites for hydroxylation is 1. The summed E-state index contributed by atoms with van der Waals surface area (Å²) in [5.74, 6) is 2.75. The molecule has 0 saturated heterocycles.